The van der Waals surface area contributed by atoms with Crippen molar-refractivity contribution in [3.8, 4) is 22.4 Å². The van der Waals surface area contributed by atoms with Gasteiger partial charge in [-0.3, -0.25) is 0 Å². The summed E-state index contributed by atoms with van der Waals surface area (Å²) in [6.07, 6.45) is 3.29. The lowest BCUT2D eigenvalue weighted by Gasteiger charge is -2.06. The summed E-state index contributed by atoms with van der Waals surface area (Å²) in [6.45, 7) is 4.35. The van der Waals surface area contributed by atoms with Crippen molar-refractivity contribution in [2.24, 2.45) is 7.05 Å². The average Bonchev–Trinajstić information content (AvgIpc) is 2.56. The maximum atomic E-state index is 2.21. The highest BCUT2D eigenvalue weighted by Gasteiger charge is 2.13. The lowest BCUT2D eigenvalue weighted by molar-refractivity contribution is -0.659. The molecule has 2 aromatic carbocycles. The summed E-state index contributed by atoms with van der Waals surface area (Å²) in [5.41, 5.74) is 7.74. The van der Waals surface area contributed by atoms with Crippen molar-refractivity contribution in [3.63, 3.8) is 0 Å². The molecule has 0 atom stereocenters. The van der Waals surface area contributed by atoms with Gasteiger partial charge in [0.25, 0.3) is 0 Å². The molecule has 110 valence electrons. The Kier molecular flexibility index (Phi) is 4.06. The van der Waals surface area contributed by atoms with Crippen LogP contribution in [-0.2, 0) is 13.5 Å². The second kappa shape index (κ2) is 6.15. The molecule has 1 nitrogen and oxygen atoms in total. The smallest absolute Gasteiger partial charge is 0.200 e. The number of nitrogens with zero attached hydrogens (tertiary/aromatic N) is 1. The maximum absolute atomic E-state index is 2.21. The molecule has 22 heavy (non-hydrogen) atoms. The van der Waals surface area contributed by atoms with Crippen LogP contribution in [0.15, 0.2) is 66.9 Å². The van der Waals surface area contributed by atoms with Crippen molar-refractivity contribution in [2.75, 3.05) is 0 Å². The molecule has 0 aliphatic rings. The third-order valence-corrected chi connectivity index (χ3v) is 4.25. The summed E-state index contributed by atoms with van der Waals surface area (Å²) in [5.74, 6) is 0. The Bertz CT molecular complexity index is 785. The first-order valence-electron chi connectivity index (χ1n) is 7.84. The molecule has 0 spiro atoms. The molecule has 0 bridgehead atoms. The monoisotopic (exact) mass is 288 g/mol. The van der Waals surface area contributed by atoms with Gasteiger partial charge < -0.3 is 0 Å². The van der Waals surface area contributed by atoms with Crippen LogP contribution in [0.2, 0.25) is 0 Å². The highest BCUT2D eigenvalue weighted by molar-refractivity contribution is 5.66. The fourth-order valence-corrected chi connectivity index (χ4v) is 2.85. The van der Waals surface area contributed by atoms with Gasteiger partial charge in [-0.2, -0.15) is 0 Å². The first-order chi connectivity index (χ1) is 10.7. The molecule has 0 aliphatic heterocycles. The molecule has 0 fully saturated rings. The van der Waals surface area contributed by atoms with Gasteiger partial charge in [-0.25, -0.2) is 4.57 Å². The molecule has 3 aromatic rings. The van der Waals surface area contributed by atoms with Gasteiger partial charge in [0.2, 0.25) is 5.69 Å². The van der Waals surface area contributed by atoms with Crippen LogP contribution >= 0.6 is 0 Å². The van der Waals surface area contributed by atoms with E-state index < -0.39 is 0 Å². The van der Waals surface area contributed by atoms with E-state index >= 15 is 0 Å². The van der Waals surface area contributed by atoms with Gasteiger partial charge in [0.1, 0.15) is 7.05 Å². The van der Waals surface area contributed by atoms with Crippen molar-refractivity contribution in [1.29, 1.82) is 0 Å². The van der Waals surface area contributed by atoms with Crippen LogP contribution < -0.4 is 4.57 Å². The van der Waals surface area contributed by atoms with Gasteiger partial charge in [0, 0.05) is 17.2 Å². The lowest BCUT2D eigenvalue weighted by Crippen LogP contribution is -2.30. The molecule has 1 aromatic heterocycles. The number of pyridine rings is 1. The van der Waals surface area contributed by atoms with E-state index in [1.54, 1.807) is 0 Å². The fourth-order valence-electron chi connectivity index (χ4n) is 2.85. The van der Waals surface area contributed by atoms with E-state index in [9.17, 15) is 0 Å². The van der Waals surface area contributed by atoms with Crippen LogP contribution in [0, 0.1) is 6.92 Å². The Morgan fingerprint density at radius 2 is 1.50 bits per heavy atom. The van der Waals surface area contributed by atoms with Crippen LogP contribution in [0.3, 0.4) is 0 Å². The Labute approximate surface area is 132 Å². The van der Waals surface area contributed by atoms with Crippen molar-refractivity contribution in [3.05, 3.63) is 78.0 Å². The molecule has 0 saturated carbocycles. The number of aryl methyl sites for hydroxylation is 3. The molecule has 0 saturated heterocycles. The van der Waals surface area contributed by atoms with Gasteiger partial charge in [0.15, 0.2) is 6.20 Å². The van der Waals surface area contributed by atoms with Crippen LogP contribution in [0.5, 0.6) is 0 Å². The molecule has 0 aliphatic carbocycles. The number of aromatic nitrogens is 1. The Morgan fingerprint density at radius 3 is 2.14 bits per heavy atom. The second-order valence-corrected chi connectivity index (χ2v) is 5.78. The van der Waals surface area contributed by atoms with Crippen molar-refractivity contribution >= 4 is 0 Å². The van der Waals surface area contributed by atoms with Gasteiger partial charge in [0.05, 0.1) is 0 Å². The molecular weight excluding hydrogens is 266 g/mol. The first-order valence-corrected chi connectivity index (χ1v) is 7.84. The van der Waals surface area contributed by atoms with Gasteiger partial charge in [-0.05, 0) is 42.2 Å². The minimum absolute atomic E-state index is 1.08. The SMILES string of the molecule is CCc1ccc(-c2ccc(-c3ccccc3C)[n+](C)c2)cc1. The van der Waals surface area contributed by atoms with E-state index in [2.05, 4.69) is 92.3 Å². The Morgan fingerprint density at radius 1 is 0.818 bits per heavy atom. The molecule has 0 N–H and O–H groups in total. The third kappa shape index (κ3) is 2.80. The summed E-state index contributed by atoms with van der Waals surface area (Å²) in [5, 5.41) is 0. The fraction of sp³-hybridized carbons (Fsp3) is 0.190. The summed E-state index contributed by atoms with van der Waals surface area (Å²) < 4.78 is 2.21. The van der Waals surface area contributed by atoms with E-state index in [-0.39, 0.29) is 0 Å². The molecule has 1 heteroatoms. The molecule has 1 heterocycles. The highest BCUT2D eigenvalue weighted by atomic mass is 14.9. The molecule has 0 amide bonds. The summed E-state index contributed by atoms with van der Waals surface area (Å²) in [4.78, 5) is 0. The standard InChI is InChI=1S/C21H22N/c1-4-17-9-11-18(12-10-17)19-13-14-21(22(3)15-19)20-8-6-5-7-16(20)2/h5-15H,4H2,1-3H3/q+1. The van der Waals surface area contributed by atoms with Crippen LogP contribution in [-0.4, -0.2) is 0 Å². The predicted molar refractivity (Wildman–Crippen MR) is 92.6 cm³/mol. The molecular formula is C21H22N+. The zero-order chi connectivity index (χ0) is 15.5. The van der Waals surface area contributed by atoms with Gasteiger partial charge in [-0.15, -0.1) is 0 Å². The largest absolute Gasteiger partial charge is 0.212 e. The van der Waals surface area contributed by atoms with Crippen LogP contribution in [0.4, 0.5) is 0 Å². The Balaban J connectivity index is 2.00. The van der Waals surface area contributed by atoms with Gasteiger partial charge in [-0.1, -0.05) is 49.4 Å². The van der Waals surface area contributed by atoms with Gasteiger partial charge >= 0.3 is 0 Å². The molecule has 3 rings (SSSR count). The molecule has 0 unspecified atom stereocenters. The number of rotatable bonds is 3. The zero-order valence-corrected chi connectivity index (χ0v) is 13.5. The van der Waals surface area contributed by atoms with E-state index in [1.165, 1.54) is 33.5 Å². The number of hydrogen-bond donors (Lipinski definition) is 0. The highest BCUT2D eigenvalue weighted by Crippen LogP contribution is 2.23. The van der Waals surface area contributed by atoms with E-state index in [0.717, 1.165) is 6.42 Å². The number of hydrogen-bond acceptors (Lipinski definition) is 0. The Hall–Kier alpha value is -2.41. The van der Waals surface area contributed by atoms with Crippen LogP contribution in [0.1, 0.15) is 18.1 Å². The van der Waals surface area contributed by atoms with Crippen molar-refractivity contribution in [1.82, 2.24) is 0 Å². The van der Waals surface area contributed by atoms with E-state index in [0.29, 0.717) is 0 Å². The van der Waals surface area contributed by atoms with E-state index in [1.807, 2.05) is 0 Å². The minimum Gasteiger partial charge on any atom is -0.200 e. The average molecular weight is 288 g/mol. The zero-order valence-electron chi connectivity index (χ0n) is 13.5. The summed E-state index contributed by atoms with van der Waals surface area (Å²) >= 11 is 0. The number of benzene rings is 2. The molecule has 0 radical (unpaired) electrons. The minimum atomic E-state index is 1.08. The maximum Gasteiger partial charge on any atom is 0.212 e. The third-order valence-electron chi connectivity index (χ3n) is 4.25. The van der Waals surface area contributed by atoms with Crippen molar-refractivity contribution < 1.29 is 4.57 Å². The predicted octanol–water partition coefficient (Wildman–Crippen LogP) is 4.72. The van der Waals surface area contributed by atoms with E-state index in [4.69, 9.17) is 0 Å². The normalized spacial score (nSPS) is 10.7. The second-order valence-electron chi connectivity index (χ2n) is 5.78. The lowest BCUT2D eigenvalue weighted by atomic mass is 10.0. The summed E-state index contributed by atoms with van der Waals surface area (Å²) in [7, 11) is 2.12. The first kappa shape index (κ1) is 14.5. The quantitative estimate of drug-likeness (QED) is 0.614. The topological polar surface area (TPSA) is 3.88 Å². The van der Waals surface area contributed by atoms with Crippen molar-refractivity contribution in [2.45, 2.75) is 20.3 Å². The summed E-state index contributed by atoms with van der Waals surface area (Å²) in [6, 6.07) is 21.8. The van der Waals surface area contributed by atoms with Crippen LogP contribution in [0.25, 0.3) is 22.4 Å².